The average molecular weight is 1330 g/mol. The molecular weight excluding hydrogens is 1210 g/mol. The summed E-state index contributed by atoms with van der Waals surface area (Å²) in [5, 5.41) is 30.8. The molecule has 0 fully saturated rings. The fourth-order valence-electron chi connectivity index (χ4n) is 17.3. The topological polar surface area (TPSA) is 94.1 Å². The van der Waals surface area contributed by atoms with E-state index in [1.165, 1.54) is 109 Å². The molecule has 0 amide bonds. The van der Waals surface area contributed by atoms with Gasteiger partial charge in [0.1, 0.15) is 13.1 Å². The van der Waals surface area contributed by atoms with E-state index in [1.807, 2.05) is 0 Å². The van der Waals surface area contributed by atoms with Crippen molar-refractivity contribution in [2.45, 2.75) is 246 Å². The van der Waals surface area contributed by atoms with E-state index < -0.39 is 0 Å². The van der Waals surface area contributed by atoms with Crippen molar-refractivity contribution in [3.05, 3.63) is 225 Å². The number of allylic oxidation sites excluding steroid dienone is 16. The molecule has 2 aromatic heterocycles. The minimum Gasteiger partial charge on any atom is -0.393 e. The highest BCUT2D eigenvalue weighted by atomic mass is 16.3. The summed E-state index contributed by atoms with van der Waals surface area (Å²) in [6, 6.07) is 35.9. The van der Waals surface area contributed by atoms with Gasteiger partial charge in [-0.3, -0.25) is 0 Å². The van der Waals surface area contributed by atoms with E-state index >= 15 is 0 Å². The van der Waals surface area contributed by atoms with Crippen LogP contribution in [0.3, 0.4) is 0 Å². The number of hydrogen-bond acceptors (Lipinski definition) is 7. The highest BCUT2D eigenvalue weighted by Crippen LogP contribution is 2.50. The van der Waals surface area contributed by atoms with Crippen LogP contribution in [0.1, 0.15) is 239 Å². The highest BCUT2D eigenvalue weighted by Gasteiger charge is 2.46. The SMILES string of the molecule is CCCc1cn(C2=C(/C=C/C3=[N+](CCCC(O)CCCCCCCCc4cn(C5=C(/C=C/C6=[N+](CCC)c7ccccc7C6(C)C)CCC/C5=C\C=C5\N(CCC)c6ccccc6C5(C)C)nn4)c4ccccc4C3(C)C)CCC/C2=C\C=C2\N(CCC)c3ccccc3C2(C)C)nn1. The lowest BCUT2D eigenvalue weighted by Gasteiger charge is -2.27. The van der Waals surface area contributed by atoms with E-state index in [9.17, 15) is 5.11 Å². The molecular formula is C88H114N10O+2. The van der Waals surface area contributed by atoms with Gasteiger partial charge in [0, 0.05) is 94.9 Å². The second-order valence-corrected chi connectivity index (χ2v) is 31.1. The van der Waals surface area contributed by atoms with Crippen molar-refractivity contribution in [1.29, 1.82) is 0 Å². The van der Waals surface area contributed by atoms with Gasteiger partial charge in [0.15, 0.2) is 11.4 Å². The molecule has 4 aromatic carbocycles. The van der Waals surface area contributed by atoms with Crippen molar-refractivity contribution in [1.82, 2.24) is 30.0 Å². The van der Waals surface area contributed by atoms with E-state index in [1.54, 1.807) is 0 Å². The Balaban J connectivity index is 0.687. The number of benzene rings is 4. The fraction of sp³-hybridized carbons (Fsp3) is 0.477. The van der Waals surface area contributed by atoms with Crippen LogP contribution in [0.2, 0.25) is 0 Å². The first-order valence-electron chi connectivity index (χ1n) is 38.3. The number of aliphatic hydroxyl groups excluding tert-OH is 1. The van der Waals surface area contributed by atoms with Gasteiger partial charge in [-0.2, -0.15) is 9.15 Å². The number of para-hydroxylation sites is 4. The van der Waals surface area contributed by atoms with Crippen LogP contribution < -0.4 is 9.80 Å². The molecule has 6 aliphatic rings. The molecule has 0 saturated heterocycles. The molecule has 4 aliphatic heterocycles. The van der Waals surface area contributed by atoms with Crippen molar-refractivity contribution in [3.63, 3.8) is 0 Å². The number of rotatable bonds is 29. The number of unbranched alkanes of at least 4 members (excludes halogenated alkanes) is 5. The zero-order valence-electron chi connectivity index (χ0n) is 62.2. The van der Waals surface area contributed by atoms with E-state index in [2.05, 4.69) is 275 Å². The number of aliphatic hydroxyl groups is 1. The number of aryl methyl sites for hydroxylation is 2. The summed E-state index contributed by atoms with van der Waals surface area (Å²) >= 11 is 0. The molecule has 12 rings (SSSR count). The summed E-state index contributed by atoms with van der Waals surface area (Å²) in [7, 11) is 0. The minimum absolute atomic E-state index is 0.111. The van der Waals surface area contributed by atoms with Crippen molar-refractivity contribution < 1.29 is 14.3 Å². The lowest BCUT2D eigenvalue weighted by Crippen LogP contribution is -2.28. The summed E-state index contributed by atoms with van der Waals surface area (Å²) in [6.07, 6.45) is 44.9. The maximum absolute atomic E-state index is 11.5. The fourth-order valence-corrected chi connectivity index (χ4v) is 17.3. The molecule has 99 heavy (non-hydrogen) atoms. The first-order valence-corrected chi connectivity index (χ1v) is 38.3. The molecule has 0 bridgehead atoms. The van der Waals surface area contributed by atoms with Gasteiger partial charge < -0.3 is 14.9 Å². The van der Waals surface area contributed by atoms with Gasteiger partial charge in [-0.25, -0.2) is 9.36 Å². The smallest absolute Gasteiger partial charge is 0.209 e. The van der Waals surface area contributed by atoms with E-state index in [0.29, 0.717) is 0 Å². The van der Waals surface area contributed by atoms with Crippen molar-refractivity contribution in [3.8, 4) is 0 Å². The van der Waals surface area contributed by atoms with Crippen LogP contribution in [0.5, 0.6) is 0 Å². The molecule has 1 N–H and O–H groups in total. The molecule has 6 heterocycles. The number of nitrogens with zero attached hydrogens (tertiary/aromatic N) is 10. The summed E-state index contributed by atoms with van der Waals surface area (Å²) in [6.45, 7) is 31.9. The van der Waals surface area contributed by atoms with Gasteiger partial charge in [0.25, 0.3) is 0 Å². The summed E-state index contributed by atoms with van der Waals surface area (Å²) < 4.78 is 9.29. The standard InChI is InChI=1S/C88H114N10O/c1-13-34-68-62-97(91-89-68)83-64(50-54-79-85(5,6)71-42-23-27-46-75(71)93(79)58-14-2)35-31-38-67(83)53-57-82-88(11,12)74-45-26-30-49-78(74)96(82)61-33-41-70(99)40-22-20-18-17-19-21-39-69-63-98(92-90-69)84-65(51-55-80-86(7,8)72-43-24-28-47-76(72)94(80)59-15-3)36-32-37-66(84)52-56-81-87(9,10)73-44-25-29-48-77(73)95(81)60-16-4/h23-30,42-57,62-63,70,99H,13-22,31-41,58-61H2,1-12H3/q+2. The van der Waals surface area contributed by atoms with Gasteiger partial charge in [-0.1, -0.05) is 201 Å². The number of anilines is 2. The van der Waals surface area contributed by atoms with Crippen LogP contribution in [0.15, 0.2) is 192 Å². The average Bonchev–Trinajstić information content (AvgIpc) is 1.75. The minimum atomic E-state index is -0.308. The molecule has 0 spiro atoms. The third-order valence-corrected chi connectivity index (χ3v) is 22.5. The Hall–Kier alpha value is -8.02. The first-order chi connectivity index (χ1) is 47.9. The first kappa shape index (κ1) is 70.8. The maximum Gasteiger partial charge on any atom is 0.209 e. The summed E-state index contributed by atoms with van der Waals surface area (Å²) in [5.74, 6) is 0. The molecule has 0 radical (unpaired) electrons. The van der Waals surface area contributed by atoms with Crippen molar-refractivity contribution >= 4 is 45.6 Å². The summed E-state index contributed by atoms with van der Waals surface area (Å²) in [5.41, 5.74) is 25.3. The van der Waals surface area contributed by atoms with Crippen LogP contribution in [0.4, 0.5) is 22.7 Å². The Morgan fingerprint density at radius 1 is 0.444 bits per heavy atom. The number of aromatic nitrogens is 6. The van der Waals surface area contributed by atoms with Crippen molar-refractivity contribution in [2.24, 2.45) is 0 Å². The zero-order chi connectivity index (χ0) is 69.5. The summed E-state index contributed by atoms with van der Waals surface area (Å²) in [4.78, 5) is 5.09. The maximum atomic E-state index is 11.5. The Labute approximate surface area is 593 Å². The van der Waals surface area contributed by atoms with Crippen LogP contribution in [0.25, 0.3) is 11.4 Å². The lowest BCUT2D eigenvalue weighted by atomic mass is 9.81. The van der Waals surface area contributed by atoms with Crippen LogP contribution in [-0.2, 0) is 34.5 Å². The quantitative estimate of drug-likeness (QED) is 0.0369. The lowest BCUT2D eigenvalue weighted by molar-refractivity contribution is -0.438. The van der Waals surface area contributed by atoms with Gasteiger partial charge in [-0.05, 0) is 169 Å². The Bertz CT molecular complexity index is 4230. The number of fused-ring (bicyclic) bond motifs is 4. The van der Waals surface area contributed by atoms with Crippen molar-refractivity contribution in [2.75, 3.05) is 36.0 Å². The molecule has 520 valence electrons. The van der Waals surface area contributed by atoms with Crippen LogP contribution in [0, 0.1) is 0 Å². The largest absolute Gasteiger partial charge is 0.393 e. The highest BCUT2D eigenvalue weighted by molar-refractivity contribution is 6.04. The normalized spacial score (nSPS) is 20.4. The second-order valence-electron chi connectivity index (χ2n) is 31.1. The predicted octanol–water partition coefficient (Wildman–Crippen LogP) is 20.4. The molecule has 11 nitrogen and oxygen atoms in total. The Morgan fingerprint density at radius 2 is 0.879 bits per heavy atom. The molecule has 6 aromatic rings. The Kier molecular flexibility index (Phi) is 22.1. The zero-order valence-corrected chi connectivity index (χ0v) is 62.2. The molecule has 1 atom stereocenters. The van der Waals surface area contributed by atoms with Gasteiger partial charge in [0.05, 0.1) is 52.1 Å². The monoisotopic (exact) mass is 1330 g/mol. The molecule has 1 unspecified atom stereocenters. The van der Waals surface area contributed by atoms with Gasteiger partial charge in [-0.15, -0.1) is 10.2 Å². The predicted molar refractivity (Wildman–Crippen MR) is 413 cm³/mol. The van der Waals surface area contributed by atoms with Gasteiger partial charge >= 0.3 is 0 Å². The third kappa shape index (κ3) is 14.5. The van der Waals surface area contributed by atoms with Crippen LogP contribution in [-0.4, -0.2) is 88.0 Å². The van der Waals surface area contributed by atoms with E-state index in [4.69, 9.17) is 15.5 Å². The Morgan fingerprint density at radius 3 is 1.36 bits per heavy atom. The van der Waals surface area contributed by atoms with Gasteiger partial charge in [0.2, 0.25) is 11.4 Å². The molecule has 2 aliphatic carbocycles. The second kappa shape index (κ2) is 30.8. The third-order valence-electron chi connectivity index (χ3n) is 22.5. The van der Waals surface area contributed by atoms with E-state index in [-0.39, 0.29) is 27.8 Å². The number of hydrogen-bond donors (Lipinski definition) is 1. The molecule has 0 saturated carbocycles. The van der Waals surface area contributed by atoms with Crippen LogP contribution >= 0.6 is 0 Å². The van der Waals surface area contributed by atoms with E-state index in [0.717, 1.165) is 165 Å². The molecule has 11 heteroatoms.